The highest BCUT2D eigenvalue weighted by Crippen LogP contribution is 2.27. The predicted molar refractivity (Wildman–Crippen MR) is 120 cm³/mol. The van der Waals surface area contributed by atoms with E-state index in [9.17, 15) is 8.42 Å². The molecule has 0 saturated heterocycles. The second kappa shape index (κ2) is 13.8. The van der Waals surface area contributed by atoms with Crippen molar-refractivity contribution in [2.75, 3.05) is 46.7 Å². The lowest BCUT2D eigenvalue weighted by Gasteiger charge is -2.12. The van der Waals surface area contributed by atoms with E-state index in [1.165, 1.54) is 0 Å². The van der Waals surface area contributed by atoms with Crippen LogP contribution in [0.3, 0.4) is 0 Å². The molecule has 0 spiro atoms. The first-order chi connectivity index (χ1) is 12.4. The Kier molecular flexibility index (Phi) is 13.2. The number of nitrogens with one attached hydrogen (secondary N) is 3. The standard InChI is InChI=1S/C17H30N4O4S.HI/c1-5-18-17(19-10-6-11-21-26(4,22)23)20-12-9-14-7-8-15(24-2)16(13-14)25-3;/h7-8,13,21H,5-6,9-12H2,1-4H3,(H2,18,19,20);1H. The largest absolute Gasteiger partial charge is 0.493 e. The molecule has 1 aromatic rings. The summed E-state index contributed by atoms with van der Waals surface area (Å²) in [6.45, 7) is 4.38. The Bertz CT molecular complexity index is 684. The van der Waals surface area contributed by atoms with Crippen molar-refractivity contribution >= 4 is 40.0 Å². The fraction of sp³-hybridized carbons (Fsp3) is 0.588. The maximum Gasteiger partial charge on any atom is 0.208 e. The van der Waals surface area contributed by atoms with E-state index in [-0.39, 0.29) is 24.0 Å². The summed E-state index contributed by atoms with van der Waals surface area (Å²) < 4.78 is 35.0. The lowest BCUT2D eigenvalue weighted by atomic mass is 10.1. The Balaban J connectivity index is 0.00000676. The molecule has 0 aliphatic carbocycles. The molecule has 0 saturated carbocycles. The zero-order chi connectivity index (χ0) is 19.4. The zero-order valence-corrected chi connectivity index (χ0v) is 19.5. The first-order valence-corrected chi connectivity index (χ1v) is 10.5. The van der Waals surface area contributed by atoms with E-state index in [2.05, 4.69) is 20.3 Å². The molecular weight excluding hydrogens is 483 g/mol. The van der Waals surface area contributed by atoms with Gasteiger partial charge in [-0.15, -0.1) is 24.0 Å². The van der Waals surface area contributed by atoms with Crippen molar-refractivity contribution in [1.29, 1.82) is 0 Å². The van der Waals surface area contributed by atoms with Gasteiger partial charge in [0, 0.05) is 26.2 Å². The lowest BCUT2D eigenvalue weighted by Crippen LogP contribution is -2.38. The molecule has 0 bridgehead atoms. The number of hydrogen-bond acceptors (Lipinski definition) is 5. The summed E-state index contributed by atoms with van der Waals surface area (Å²) in [6.07, 6.45) is 2.59. The predicted octanol–water partition coefficient (Wildman–Crippen LogP) is 1.36. The van der Waals surface area contributed by atoms with Crippen LogP contribution < -0.4 is 24.8 Å². The van der Waals surface area contributed by atoms with Gasteiger partial charge in [0.15, 0.2) is 17.5 Å². The van der Waals surface area contributed by atoms with Crippen molar-refractivity contribution in [3.05, 3.63) is 23.8 Å². The van der Waals surface area contributed by atoms with Crippen LogP contribution in [0, 0.1) is 0 Å². The fourth-order valence-electron chi connectivity index (χ4n) is 2.23. The molecule has 1 aromatic carbocycles. The van der Waals surface area contributed by atoms with Gasteiger partial charge in [-0.25, -0.2) is 13.1 Å². The van der Waals surface area contributed by atoms with E-state index in [1.54, 1.807) is 14.2 Å². The number of sulfonamides is 1. The number of hydrogen-bond donors (Lipinski definition) is 3. The Labute approximate surface area is 179 Å². The molecule has 10 heteroatoms. The summed E-state index contributed by atoms with van der Waals surface area (Å²) in [5, 5.41) is 6.44. The molecule has 0 radical (unpaired) electrons. The Morgan fingerprint density at radius 1 is 1.11 bits per heavy atom. The Hall–Kier alpha value is -1.27. The number of guanidine groups is 1. The highest BCUT2D eigenvalue weighted by Gasteiger charge is 2.05. The number of methoxy groups -OCH3 is 2. The maximum atomic E-state index is 11.0. The summed E-state index contributed by atoms with van der Waals surface area (Å²) >= 11 is 0. The molecule has 8 nitrogen and oxygen atoms in total. The van der Waals surface area contributed by atoms with E-state index in [4.69, 9.17) is 9.47 Å². The third-order valence-corrected chi connectivity index (χ3v) is 4.20. The summed E-state index contributed by atoms with van der Waals surface area (Å²) in [4.78, 5) is 4.44. The van der Waals surface area contributed by atoms with Crippen molar-refractivity contribution < 1.29 is 17.9 Å². The normalized spacial score (nSPS) is 11.5. The number of benzene rings is 1. The van der Waals surface area contributed by atoms with Gasteiger partial charge in [0.2, 0.25) is 10.0 Å². The second-order valence-corrected chi connectivity index (χ2v) is 7.48. The monoisotopic (exact) mass is 514 g/mol. The average molecular weight is 514 g/mol. The van der Waals surface area contributed by atoms with Gasteiger partial charge in [-0.3, -0.25) is 4.99 Å². The topological polar surface area (TPSA) is 101 Å². The molecule has 0 aliphatic rings. The summed E-state index contributed by atoms with van der Waals surface area (Å²) in [7, 11) is 0.0946. The third kappa shape index (κ3) is 11.2. The number of aliphatic imine (C=N–C) groups is 1. The van der Waals surface area contributed by atoms with Gasteiger partial charge in [-0.2, -0.15) is 0 Å². The molecule has 0 amide bonds. The summed E-state index contributed by atoms with van der Waals surface area (Å²) in [5.41, 5.74) is 1.13. The molecule has 0 fully saturated rings. The van der Waals surface area contributed by atoms with Crippen molar-refractivity contribution in [2.45, 2.75) is 19.8 Å². The van der Waals surface area contributed by atoms with Gasteiger partial charge in [-0.05, 0) is 37.5 Å². The number of halogens is 1. The molecule has 3 N–H and O–H groups in total. The second-order valence-electron chi connectivity index (χ2n) is 5.65. The highest BCUT2D eigenvalue weighted by atomic mass is 127. The molecule has 156 valence electrons. The van der Waals surface area contributed by atoms with Crippen LogP contribution in [0.25, 0.3) is 0 Å². The van der Waals surface area contributed by atoms with Gasteiger partial charge in [0.05, 0.1) is 20.5 Å². The minimum atomic E-state index is -3.14. The Morgan fingerprint density at radius 3 is 2.41 bits per heavy atom. The fourth-order valence-corrected chi connectivity index (χ4v) is 2.75. The van der Waals surface area contributed by atoms with Gasteiger partial charge in [0.25, 0.3) is 0 Å². The molecule has 0 aliphatic heterocycles. The van der Waals surface area contributed by atoms with Crippen LogP contribution >= 0.6 is 24.0 Å². The number of nitrogens with zero attached hydrogens (tertiary/aromatic N) is 1. The molecule has 1 rings (SSSR count). The third-order valence-electron chi connectivity index (χ3n) is 3.47. The zero-order valence-electron chi connectivity index (χ0n) is 16.4. The van der Waals surface area contributed by atoms with Crippen LogP contribution in [0.15, 0.2) is 23.2 Å². The molecule has 27 heavy (non-hydrogen) atoms. The van der Waals surface area contributed by atoms with Gasteiger partial charge in [-0.1, -0.05) is 6.07 Å². The number of rotatable bonds is 11. The van der Waals surface area contributed by atoms with Gasteiger partial charge >= 0.3 is 0 Å². The quantitative estimate of drug-likeness (QED) is 0.179. The smallest absolute Gasteiger partial charge is 0.208 e. The first kappa shape index (κ1) is 25.7. The Morgan fingerprint density at radius 2 is 1.81 bits per heavy atom. The maximum absolute atomic E-state index is 11.0. The summed E-state index contributed by atoms with van der Waals surface area (Å²) in [6, 6.07) is 5.85. The van der Waals surface area contributed by atoms with E-state index in [0.717, 1.165) is 24.8 Å². The highest BCUT2D eigenvalue weighted by molar-refractivity contribution is 14.0. The average Bonchev–Trinajstić information content (AvgIpc) is 2.60. The molecule has 0 heterocycles. The van der Waals surface area contributed by atoms with Gasteiger partial charge < -0.3 is 20.1 Å². The van der Waals surface area contributed by atoms with Crippen LogP contribution in [0.2, 0.25) is 0 Å². The van der Waals surface area contributed by atoms with E-state index >= 15 is 0 Å². The molecule has 0 aromatic heterocycles. The molecule has 0 atom stereocenters. The van der Waals surface area contributed by atoms with Crippen LogP contribution in [-0.4, -0.2) is 61.0 Å². The molecular formula is C17H31IN4O4S. The van der Waals surface area contributed by atoms with Crippen molar-refractivity contribution in [1.82, 2.24) is 15.4 Å². The van der Waals surface area contributed by atoms with Crippen LogP contribution in [0.1, 0.15) is 18.9 Å². The van der Waals surface area contributed by atoms with E-state index in [0.29, 0.717) is 43.5 Å². The van der Waals surface area contributed by atoms with Crippen molar-refractivity contribution in [3.63, 3.8) is 0 Å². The minimum absolute atomic E-state index is 0. The van der Waals surface area contributed by atoms with E-state index in [1.807, 2.05) is 25.1 Å². The van der Waals surface area contributed by atoms with Crippen molar-refractivity contribution in [2.24, 2.45) is 4.99 Å². The van der Waals surface area contributed by atoms with Crippen LogP contribution in [0.4, 0.5) is 0 Å². The van der Waals surface area contributed by atoms with Crippen molar-refractivity contribution in [3.8, 4) is 11.5 Å². The minimum Gasteiger partial charge on any atom is -0.493 e. The number of ether oxygens (including phenoxy) is 2. The molecule has 0 unspecified atom stereocenters. The van der Waals surface area contributed by atoms with Gasteiger partial charge in [0.1, 0.15) is 0 Å². The summed E-state index contributed by atoms with van der Waals surface area (Å²) in [5.74, 6) is 2.14. The van der Waals surface area contributed by atoms with Crippen LogP contribution in [-0.2, 0) is 16.4 Å². The first-order valence-electron chi connectivity index (χ1n) is 8.57. The lowest BCUT2D eigenvalue weighted by molar-refractivity contribution is 0.354. The SMILES string of the molecule is CCNC(=NCCCNS(C)(=O)=O)NCCc1ccc(OC)c(OC)c1.I. The van der Waals surface area contributed by atoms with Crippen LogP contribution in [0.5, 0.6) is 11.5 Å². The van der Waals surface area contributed by atoms with E-state index < -0.39 is 10.0 Å².